The highest BCUT2D eigenvalue weighted by Gasteiger charge is 2.14. The van der Waals surface area contributed by atoms with Crippen LogP contribution in [0.25, 0.3) is 5.65 Å². The standard InChI is InChI=1S/C20H19N5O2/c1-14-6-7-18(27-2)17(9-14)20(26)23-15-10-21-25(12-15)13-16-11-24-8-4-3-5-19(24)22-16/h3-12H,13H2,1-2H3,(H,23,26). The van der Waals surface area contributed by atoms with Crippen molar-refractivity contribution in [3.63, 3.8) is 0 Å². The summed E-state index contributed by atoms with van der Waals surface area (Å²) in [6.45, 7) is 2.45. The van der Waals surface area contributed by atoms with E-state index >= 15 is 0 Å². The lowest BCUT2D eigenvalue weighted by atomic mass is 10.1. The van der Waals surface area contributed by atoms with E-state index in [-0.39, 0.29) is 5.91 Å². The molecule has 0 atom stereocenters. The molecule has 1 amide bonds. The molecule has 3 heterocycles. The van der Waals surface area contributed by atoms with Gasteiger partial charge in [0.1, 0.15) is 11.4 Å². The van der Waals surface area contributed by atoms with Crippen molar-refractivity contribution in [1.82, 2.24) is 19.2 Å². The van der Waals surface area contributed by atoms with Gasteiger partial charge >= 0.3 is 0 Å². The van der Waals surface area contributed by atoms with Crippen LogP contribution in [-0.2, 0) is 6.54 Å². The van der Waals surface area contributed by atoms with Gasteiger partial charge in [0.25, 0.3) is 5.91 Å². The minimum Gasteiger partial charge on any atom is -0.496 e. The van der Waals surface area contributed by atoms with Gasteiger partial charge in [-0.15, -0.1) is 0 Å². The summed E-state index contributed by atoms with van der Waals surface area (Å²) in [7, 11) is 1.55. The third-order valence-electron chi connectivity index (χ3n) is 4.23. The summed E-state index contributed by atoms with van der Waals surface area (Å²) < 4.78 is 8.98. The average molecular weight is 361 g/mol. The van der Waals surface area contributed by atoms with Crippen LogP contribution in [-0.4, -0.2) is 32.2 Å². The zero-order valence-electron chi connectivity index (χ0n) is 15.1. The number of aryl methyl sites for hydroxylation is 1. The van der Waals surface area contributed by atoms with Crippen LogP contribution in [0, 0.1) is 6.92 Å². The molecule has 136 valence electrons. The van der Waals surface area contributed by atoms with Crippen LogP contribution >= 0.6 is 0 Å². The third-order valence-corrected chi connectivity index (χ3v) is 4.23. The van der Waals surface area contributed by atoms with Crippen molar-refractivity contribution in [3.05, 3.63) is 78.0 Å². The summed E-state index contributed by atoms with van der Waals surface area (Å²) in [5.41, 5.74) is 3.88. The monoisotopic (exact) mass is 361 g/mol. The van der Waals surface area contributed by atoms with Crippen molar-refractivity contribution in [1.29, 1.82) is 0 Å². The average Bonchev–Trinajstić information content (AvgIpc) is 3.27. The number of pyridine rings is 1. The number of carbonyl (C=O) groups excluding carboxylic acids is 1. The number of hydrogen-bond donors (Lipinski definition) is 1. The maximum Gasteiger partial charge on any atom is 0.259 e. The topological polar surface area (TPSA) is 73.5 Å². The molecule has 4 rings (SSSR count). The molecule has 0 aliphatic carbocycles. The van der Waals surface area contributed by atoms with Gasteiger partial charge in [0, 0.05) is 18.6 Å². The van der Waals surface area contributed by atoms with Crippen molar-refractivity contribution in [3.8, 4) is 5.75 Å². The van der Waals surface area contributed by atoms with Gasteiger partial charge in [-0.1, -0.05) is 17.7 Å². The van der Waals surface area contributed by atoms with Crippen molar-refractivity contribution in [2.75, 3.05) is 12.4 Å². The number of amides is 1. The number of rotatable bonds is 5. The molecule has 7 nitrogen and oxygen atoms in total. The first-order valence-electron chi connectivity index (χ1n) is 8.53. The van der Waals surface area contributed by atoms with E-state index in [0.29, 0.717) is 23.5 Å². The lowest BCUT2D eigenvalue weighted by Crippen LogP contribution is -2.13. The molecule has 0 bridgehead atoms. The molecule has 7 heteroatoms. The SMILES string of the molecule is COc1ccc(C)cc1C(=O)Nc1cnn(Cc2cn3ccccc3n2)c1. The van der Waals surface area contributed by atoms with Crippen LogP contribution in [0.15, 0.2) is 61.2 Å². The van der Waals surface area contributed by atoms with E-state index < -0.39 is 0 Å². The molecule has 27 heavy (non-hydrogen) atoms. The van der Waals surface area contributed by atoms with Crippen molar-refractivity contribution in [2.24, 2.45) is 0 Å². The molecule has 0 saturated carbocycles. The van der Waals surface area contributed by atoms with Crippen LogP contribution in [0.4, 0.5) is 5.69 Å². The van der Waals surface area contributed by atoms with Gasteiger partial charge < -0.3 is 14.5 Å². The zero-order chi connectivity index (χ0) is 18.8. The Hall–Kier alpha value is -3.61. The molecule has 0 fully saturated rings. The van der Waals surface area contributed by atoms with Gasteiger partial charge in [-0.2, -0.15) is 5.10 Å². The highest BCUT2D eigenvalue weighted by atomic mass is 16.5. The molecule has 0 aliphatic heterocycles. The number of nitrogens with one attached hydrogen (secondary N) is 1. The number of methoxy groups -OCH3 is 1. The molecule has 0 aliphatic rings. The molecular formula is C20H19N5O2. The highest BCUT2D eigenvalue weighted by molar-refractivity contribution is 6.06. The lowest BCUT2D eigenvalue weighted by molar-refractivity contribution is 0.102. The second-order valence-corrected chi connectivity index (χ2v) is 6.28. The van der Waals surface area contributed by atoms with Crippen molar-refractivity contribution >= 4 is 17.2 Å². The first kappa shape index (κ1) is 16.8. The summed E-state index contributed by atoms with van der Waals surface area (Å²) in [4.78, 5) is 17.1. The van der Waals surface area contributed by atoms with Crippen LogP contribution in [0.1, 0.15) is 21.6 Å². The Morgan fingerprint density at radius 1 is 1.22 bits per heavy atom. The van der Waals surface area contributed by atoms with Crippen LogP contribution in [0.5, 0.6) is 5.75 Å². The summed E-state index contributed by atoms with van der Waals surface area (Å²) >= 11 is 0. The maximum absolute atomic E-state index is 12.6. The maximum atomic E-state index is 12.6. The number of aromatic nitrogens is 4. The fourth-order valence-corrected chi connectivity index (χ4v) is 2.94. The molecule has 4 aromatic rings. The molecule has 0 unspecified atom stereocenters. The fourth-order valence-electron chi connectivity index (χ4n) is 2.94. The molecule has 3 aromatic heterocycles. The van der Waals surface area contributed by atoms with Gasteiger partial charge in [0.2, 0.25) is 0 Å². The third kappa shape index (κ3) is 3.52. The Morgan fingerprint density at radius 2 is 2.11 bits per heavy atom. The molecular weight excluding hydrogens is 342 g/mol. The summed E-state index contributed by atoms with van der Waals surface area (Å²) in [6.07, 6.45) is 7.32. The van der Waals surface area contributed by atoms with E-state index in [2.05, 4.69) is 15.4 Å². The molecule has 0 spiro atoms. The molecule has 1 aromatic carbocycles. The first-order valence-corrected chi connectivity index (χ1v) is 8.53. The number of ether oxygens (including phenoxy) is 1. The number of hydrogen-bond acceptors (Lipinski definition) is 4. The van der Waals surface area contributed by atoms with Crippen molar-refractivity contribution in [2.45, 2.75) is 13.5 Å². The van der Waals surface area contributed by atoms with E-state index in [0.717, 1.165) is 16.9 Å². The van der Waals surface area contributed by atoms with Crippen molar-refractivity contribution < 1.29 is 9.53 Å². The van der Waals surface area contributed by atoms with Crippen LogP contribution in [0.3, 0.4) is 0 Å². The summed E-state index contributed by atoms with van der Waals surface area (Å²) in [5.74, 6) is 0.304. The van der Waals surface area contributed by atoms with E-state index in [9.17, 15) is 4.79 Å². The normalized spacial score (nSPS) is 10.9. The largest absolute Gasteiger partial charge is 0.496 e. The zero-order valence-corrected chi connectivity index (χ0v) is 15.1. The summed E-state index contributed by atoms with van der Waals surface area (Å²) in [5, 5.41) is 7.17. The second-order valence-electron chi connectivity index (χ2n) is 6.28. The fraction of sp³-hybridized carbons (Fsp3) is 0.150. The molecule has 0 radical (unpaired) electrons. The number of carbonyl (C=O) groups is 1. The van der Waals surface area contributed by atoms with Crippen LogP contribution in [0.2, 0.25) is 0 Å². The van der Waals surface area contributed by atoms with Crippen LogP contribution < -0.4 is 10.1 Å². The van der Waals surface area contributed by atoms with Gasteiger partial charge in [-0.3, -0.25) is 9.48 Å². The van der Waals surface area contributed by atoms with E-state index in [4.69, 9.17) is 4.74 Å². The highest BCUT2D eigenvalue weighted by Crippen LogP contribution is 2.21. The van der Waals surface area contributed by atoms with E-state index in [1.165, 1.54) is 0 Å². The Morgan fingerprint density at radius 3 is 2.93 bits per heavy atom. The quantitative estimate of drug-likeness (QED) is 0.593. The predicted octanol–water partition coefficient (Wildman–Crippen LogP) is 3.15. The predicted molar refractivity (Wildman–Crippen MR) is 102 cm³/mol. The Balaban J connectivity index is 1.49. The van der Waals surface area contributed by atoms with E-state index in [1.54, 1.807) is 36.3 Å². The number of fused-ring (bicyclic) bond motifs is 1. The number of nitrogens with zero attached hydrogens (tertiary/aromatic N) is 4. The van der Waals surface area contributed by atoms with E-state index in [1.807, 2.05) is 48.0 Å². The second kappa shape index (κ2) is 6.95. The molecule has 0 saturated heterocycles. The lowest BCUT2D eigenvalue weighted by Gasteiger charge is -2.09. The minimum absolute atomic E-state index is 0.233. The van der Waals surface area contributed by atoms with Gasteiger partial charge in [0.05, 0.1) is 36.8 Å². The summed E-state index contributed by atoms with van der Waals surface area (Å²) in [6, 6.07) is 11.4. The number of anilines is 1. The van der Waals surface area contributed by atoms with Gasteiger partial charge in [0.15, 0.2) is 0 Å². The van der Waals surface area contributed by atoms with Gasteiger partial charge in [-0.25, -0.2) is 4.98 Å². The number of imidazole rings is 1. The Labute approximate surface area is 156 Å². The smallest absolute Gasteiger partial charge is 0.259 e. The minimum atomic E-state index is -0.233. The first-order chi connectivity index (χ1) is 13.1. The van der Waals surface area contributed by atoms with Gasteiger partial charge in [-0.05, 0) is 31.2 Å². The Bertz CT molecular complexity index is 1080. The molecule has 1 N–H and O–H groups in total. The Kier molecular flexibility index (Phi) is 4.33. The number of benzene rings is 1.